The van der Waals surface area contributed by atoms with E-state index in [4.69, 9.17) is 9.47 Å². The molecule has 1 aliphatic rings. The zero-order valence-electron chi connectivity index (χ0n) is 16.6. The monoisotopic (exact) mass is 373 g/mol. The molecule has 0 aliphatic carbocycles. The zero-order valence-corrected chi connectivity index (χ0v) is 16.6. The molecular formula is C25H27NO2. The van der Waals surface area contributed by atoms with Gasteiger partial charge in [-0.05, 0) is 53.3 Å². The van der Waals surface area contributed by atoms with Crippen molar-refractivity contribution < 1.29 is 9.47 Å². The standard InChI is InChI=1S/C25H27NO2/c1-3-18-9-11-23(24(15-18)27-2)25-22-12-10-21(16-20(22)13-14-26-25)28-17-19-7-5-4-6-8-19/h4-12,15-16,25-26H,3,13-14,17H2,1-2H3. The van der Waals surface area contributed by atoms with Gasteiger partial charge >= 0.3 is 0 Å². The van der Waals surface area contributed by atoms with E-state index in [0.29, 0.717) is 6.61 Å². The van der Waals surface area contributed by atoms with Crippen LogP contribution in [0.25, 0.3) is 0 Å². The smallest absolute Gasteiger partial charge is 0.124 e. The lowest BCUT2D eigenvalue weighted by molar-refractivity contribution is 0.305. The highest BCUT2D eigenvalue weighted by molar-refractivity contribution is 5.49. The van der Waals surface area contributed by atoms with Crippen molar-refractivity contribution in [3.8, 4) is 11.5 Å². The third kappa shape index (κ3) is 3.90. The second kappa shape index (κ2) is 8.49. The molecule has 0 saturated carbocycles. The van der Waals surface area contributed by atoms with Crippen LogP contribution in [0.4, 0.5) is 0 Å². The van der Waals surface area contributed by atoms with Crippen molar-refractivity contribution in [2.24, 2.45) is 0 Å². The summed E-state index contributed by atoms with van der Waals surface area (Å²) in [5.41, 5.74) is 6.32. The average Bonchev–Trinajstić information content (AvgIpc) is 2.77. The third-order valence-electron chi connectivity index (χ3n) is 5.43. The minimum Gasteiger partial charge on any atom is -0.496 e. The van der Waals surface area contributed by atoms with Gasteiger partial charge in [0.15, 0.2) is 0 Å². The third-order valence-corrected chi connectivity index (χ3v) is 5.43. The summed E-state index contributed by atoms with van der Waals surface area (Å²) < 4.78 is 11.7. The van der Waals surface area contributed by atoms with Gasteiger partial charge in [-0.15, -0.1) is 0 Å². The molecule has 1 atom stereocenters. The molecule has 0 amide bonds. The summed E-state index contributed by atoms with van der Waals surface area (Å²) in [4.78, 5) is 0. The minimum atomic E-state index is 0.146. The van der Waals surface area contributed by atoms with E-state index in [9.17, 15) is 0 Å². The number of hydrogen-bond acceptors (Lipinski definition) is 3. The van der Waals surface area contributed by atoms with Gasteiger partial charge in [-0.1, -0.05) is 55.5 Å². The van der Waals surface area contributed by atoms with Crippen molar-refractivity contribution in [1.82, 2.24) is 5.32 Å². The Morgan fingerprint density at radius 1 is 0.929 bits per heavy atom. The minimum absolute atomic E-state index is 0.146. The maximum absolute atomic E-state index is 6.03. The number of methoxy groups -OCH3 is 1. The molecule has 1 N–H and O–H groups in total. The lowest BCUT2D eigenvalue weighted by Gasteiger charge is -2.29. The van der Waals surface area contributed by atoms with Crippen LogP contribution in [-0.2, 0) is 19.4 Å². The molecular weight excluding hydrogens is 346 g/mol. The van der Waals surface area contributed by atoms with Gasteiger partial charge < -0.3 is 14.8 Å². The Morgan fingerprint density at radius 2 is 1.75 bits per heavy atom. The first-order valence-electron chi connectivity index (χ1n) is 9.98. The molecule has 0 aromatic heterocycles. The van der Waals surface area contributed by atoms with E-state index in [1.807, 2.05) is 18.2 Å². The Morgan fingerprint density at radius 3 is 2.54 bits per heavy atom. The quantitative estimate of drug-likeness (QED) is 0.654. The van der Waals surface area contributed by atoms with Gasteiger partial charge in [0.1, 0.15) is 18.1 Å². The Balaban J connectivity index is 1.58. The molecule has 0 fully saturated rings. The summed E-state index contributed by atoms with van der Waals surface area (Å²) in [6.07, 6.45) is 2.01. The van der Waals surface area contributed by atoms with E-state index in [0.717, 1.165) is 30.9 Å². The Bertz CT molecular complexity index is 937. The van der Waals surface area contributed by atoms with E-state index < -0.39 is 0 Å². The summed E-state index contributed by atoms with van der Waals surface area (Å²) in [6.45, 7) is 3.70. The highest BCUT2D eigenvalue weighted by atomic mass is 16.5. The molecule has 3 heteroatoms. The highest BCUT2D eigenvalue weighted by Gasteiger charge is 2.24. The fourth-order valence-corrected chi connectivity index (χ4v) is 3.86. The van der Waals surface area contributed by atoms with Crippen molar-refractivity contribution in [2.45, 2.75) is 32.4 Å². The van der Waals surface area contributed by atoms with E-state index in [-0.39, 0.29) is 6.04 Å². The molecule has 4 rings (SSSR count). The summed E-state index contributed by atoms with van der Waals surface area (Å²) in [6, 6.07) is 23.4. The van der Waals surface area contributed by atoms with Crippen molar-refractivity contribution in [3.05, 3.63) is 94.5 Å². The van der Waals surface area contributed by atoms with Gasteiger partial charge in [0.05, 0.1) is 13.2 Å². The summed E-state index contributed by atoms with van der Waals surface area (Å²) in [7, 11) is 1.75. The zero-order chi connectivity index (χ0) is 19.3. The predicted octanol–water partition coefficient (Wildman–Crippen LogP) is 5.07. The number of benzene rings is 3. The lowest BCUT2D eigenvalue weighted by atomic mass is 9.88. The SMILES string of the molecule is CCc1ccc(C2NCCc3cc(OCc4ccccc4)ccc32)c(OC)c1. The van der Waals surface area contributed by atoms with Crippen LogP contribution < -0.4 is 14.8 Å². The number of nitrogens with one attached hydrogen (secondary N) is 1. The first kappa shape index (κ1) is 18.6. The molecule has 1 aliphatic heterocycles. The van der Waals surface area contributed by atoms with Crippen molar-refractivity contribution in [2.75, 3.05) is 13.7 Å². The summed E-state index contributed by atoms with van der Waals surface area (Å²) in [5.74, 6) is 1.88. The molecule has 0 radical (unpaired) electrons. The Hall–Kier alpha value is -2.78. The number of aryl methyl sites for hydroxylation is 1. The molecule has 1 heterocycles. The number of fused-ring (bicyclic) bond motifs is 1. The van der Waals surface area contributed by atoms with Crippen molar-refractivity contribution in [3.63, 3.8) is 0 Å². The van der Waals surface area contributed by atoms with Crippen LogP contribution in [0, 0.1) is 0 Å². The van der Waals surface area contributed by atoms with Crippen LogP contribution >= 0.6 is 0 Å². The molecule has 3 aromatic carbocycles. The number of hydrogen-bond donors (Lipinski definition) is 1. The van der Waals surface area contributed by atoms with Gasteiger partial charge in [-0.25, -0.2) is 0 Å². The van der Waals surface area contributed by atoms with Crippen molar-refractivity contribution >= 4 is 0 Å². The summed E-state index contributed by atoms with van der Waals surface area (Å²) >= 11 is 0. The predicted molar refractivity (Wildman–Crippen MR) is 113 cm³/mol. The largest absolute Gasteiger partial charge is 0.496 e. The van der Waals surface area contributed by atoms with Crippen molar-refractivity contribution in [1.29, 1.82) is 0 Å². The lowest BCUT2D eigenvalue weighted by Crippen LogP contribution is -2.30. The second-order valence-electron chi connectivity index (χ2n) is 7.20. The number of rotatable bonds is 6. The van der Waals surface area contributed by atoms with E-state index in [2.05, 4.69) is 60.8 Å². The first-order valence-corrected chi connectivity index (χ1v) is 9.98. The molecule has 3 nitrogen and oxygen atoms in total. The van der Waals surface area contributed by atoms with Crippen LogP contribution in [0.3, 0.4) is 0 Å². The second-order valence-corrected chi connectivity index (χ2v) is 7.20. The normalized spacial score (nSPS) is 15.7. The van der Waals surface area contributed by atoms with E-state index in [1.165, 1.54) is 27.8 Å². The first-order chi connectivity index (χ1) is 13.8. The molecule has 28 heavy (non-hydrogen) atoms. The highest BCUT2D eigenvalue weighted by Crippen LogP contribution is 2.36. The fourth-order valence-electron chi connectivity index (χ4n) is 3.86. The van der Waals surface area contributed by atoms with E-state index in [1.54, 1.807) is 7.11 Å². The molecule has 3 aromatic rings. The van der Waals surface area contributed by atoms with Crippen LogP contribution in [-0.4, -0.2) is 13.7 Å². The molecule has 0 spiro atoms. The molecule has 144 valence electrons. The van der Waals surface area contributed by atoms with Crippen LogP contribution in [0.1, 0.15) is 40.8 Å². The van der Waals surface area contributed by atoms with Gasteiger partial charge in [-0.2, -0.15) is 0 Å². The molecule has 0 saturated heterocycles. The topological polar surface area (TPSA) is 30.5 Å². The fraction of sp³-hybridized carbons (Fsp3) is 0.280. The Labute approximate surface area is 167 Å². The summed E-state index contributed by atoms with van der Waals surface area (Å²) in [5, 5.41) is 3.66. The van der Waals surface area contributed by atoms with Crippen LogP contribution in [0.2, 0.25) is 0 Å². The molecule has 0 bridgehead atoms. The van der Waals surface area contributed by atoms with Gasteiger partial charge in [0, 0.05) is 12.1 Å². The van der Waals surface area contributed by atoms with E-state index >= 15 is 0 Å². The number of ether oxygens (including phenoxy) is 2. The van der Waals surface area contributed by atoms with Gasteiger partial charge in [0.2, 0.25) is 0 Å². The molecule has 1 unspecified atom stereocenters. The maximum Gasteiger partial charge on any atom is 0.124 e. The van der Waals surface area contributed by atoms with Gasteiger partial charge in [0.25, 0.3) is 0 Å². The maximum atomic E-state index is 6.03. The van der Waals surface area contributed by atoms with Gasteiger partial charge in [-0.3, -0.25) is 0 Å². The van der Waals surface area contributed by atoms with Crippen LogP contribution in [0.5, 0.6) is 11.5 Å². The van der Waals surface area contributed by atoms with Crippen LogP contribution in [0.15, 0.2) is 66.7 Å². The average molecular weight is 373 g/mol. The Kier molecular flexibility index (Phi) is 5.63.